The van der Waals surface area contributed by atoms with Crippen LogP contribution in [0.15, 0.2) is 151 Å². The molecule has 6 rings (SSSR count). The Morgan fingerprint density at radius 1 is 0.558 bits per heavy atom. The highest BCUT2D eigenvalue weighted by atomic mass is 32.2. The number of allylic oxidation sites excluding steroid dienone is 14. The zero-order chi connectivity index (χ0) is 37.4. The van der Waals surface area contributed by atoms with Crippen LogP contribution in [0.2, 0.25) is 0 Å². The number of urea groups is 1. The van der Waals surface area contributed by atoms with E-state index in [1.807, 2.05) is 0 Å². The van der Waals surface area contributed by atoms with Gasteiger partial charge in [-0.1, -0.05) is 24.3 Å². The lowest BCUT2D eigenvalue weighted by Crippen LogP contribution is -2.19. The molecule has 6 N–H and O–H groups in total. The van der Waals surface area contributed by atoms with E-state index < -0.39 is 49.6 Å². The number of rotatable bonds is 6. The summed E-state index contributed by atoms with van der Waals surface area (Å²) in [5.41, 5.74) is 2.09. The third kappa shape index (κ3) is 7.72. The molecule has 2 aromatic carbocycles. The standard InChI is InChI=1S/C35H26N4O11S2/c40-31-27-17-25(51(45,46)47)13-5-19(27)7-15-29(31)38-33(42)21-1-9-23(10-2-21)36-35(44)37-24-11-3-22(4-12-24)34(43)39-30-16-8-20-6-14-26(52(48,49)50)18-28(20)32(30)41/h1-16,40-41H,17-18H2,(H2,36,37,44)(H,45,46,47)(H,48,49,50). The van der Waals surface area contributed by atoms with Gasteiger partial charge in [-0.25, -0.2) is 14.8 Å². The SMILES string of the molecule is O=C(Nc1ccc(C(=O)N=C2C=CC3=CC=C(S(=O)(=O)O)CC3=C2O)cc1)Nc1ccc(C(=O)N=C2C=CC3=CC=C(S(=O)(=O)O)CC3=C2O)cc1. The molecule has 4 aliphatic rings. The van der Waals surface area contributed by atoms with Gasteiger partial charge in [0, 0.05) is 46.5 Å². The number of carbonyl (C=O) groups is 3. The predicted octanol–water partition coefficient (Wildman–Crippen LogP) is 5.46. The van der Waals surface area contributed by atoms with Crippen molar-refractivity contribution in [3.8, 4) is 0 Å². The highest BCUT2D eigenvalue weighted by Gasteiger charge is 2.28. The maximum atomic E-state index is 12.8. The summed E-state index contributed by atoms with van der Waals surface area (Å²) in [5.74, 6) is -2.24. The predicted molar refractivity (Wildman–Crippen MR) is 191 cm³/mol. The minimum atomic E-state index is -4.47. The molecule has 17 heteroatoms. The number of anilines is 2. The number of carbonyl (C=O) groups excluding carboxylic acids is 3. The summed E-state index contributed by atoms with van der Waals surface area (Å²) in [7, 11) is -8.95. The summed E-state index contributed by atoms with van der Waals surface area (Å²) in [4.78, 5) is 45.5. The van der Waals surface area contributed by atoms with Crippen LogP contribution in [0, 0.1) is 0 Å². The Kier molecular flexibility index (Phi) is 9.44. The minimum Gasteiger partial charge on any atom is -0.505 e. The molecule has 0 unspecified atom stereocenters. The highest BCUT2D eigenvalue weighted by Crippen LogP contribution is 2.34. The number of fused-ring (bicyclic) bond motifs is 2. The molecule has 4 aliphatic carbocycles. The first-order valence-electron chi connectivity index (χ1n) is 15.1. The number of hydrogen-bond acceptors (Lipinski definition) is 9. The summed E-state index contributed by atoms with van der Waals surface area (Å²) >= 11 is 0. The second-order valence-electron chi connectivity index (χ2n) is 11.5. The maximum absolute atomic E-state index is 12.8. The van der Waals surface area contributed by atoms with E-state index in [4.69, 9.17) is 0 Å². The van der Waals surface area contributed by atoms with E-state index in [0.717, 1.165) is 0 Å². The zero-order valence-corrected chi connectivity index (χ0v) is 28.1. The van der Waals surface area contributed by atoms with Crippen LogP contribution in [0.4, 0.5) is 16.2 Å². The molecule has 4 amide bonds. The molecular weight excluding hydrogens is 717 g/mol. The quantitative estimate of drug-likeness (QED) is 0.203. The van der Waals surface area contributed by atoms with E-state index in [1.165, 1.54) is 85.0 Å². The molecule has 0 radical (unpaired) electrons. The number of aliphatic imine (C=N–C) groups is 2. The van der Waals surface area contributed by atoms with Crippen molar-refractivity contribution in [2.24, 2.45) is 9.98 Å². The van der Waals surface area contributed by atoms with Gasteiger partial charge in [-0.15, -0.1) is 0 Å². The number of aliphatic hydroxyl groups excluding tert-OH is 2. The molecule has 0 fully saturated rings. The first-order chi connectivity index (χ1) is 24.6. The van der Waals surface area contributed by atoms with Crippen molar-refractivity contribution >= 4 is 60.9 Å². The van der Waals surface area contributed by atoms with Crippen LogP contribution in [-0.4, -0.2) is 65.4 Å². The molecule has 264 valence electrons. The van der Waals surface area contributed by atoms with E-state index in [0.29, 0.717) is 22.5 Å². The Morgan fingerprint density at radius 3 is 1.27 bits per heavy atom. The number of hydrogen-bond donors (Lipinski definition) is 6. The molecular formula is C35H26N4O11S2. The van der Waals surface area contributed by atoms with Crippen molar-refractivity contribution in [2.75, 3.05) is 10.6 Å². The van der Waals surface area contributed by atoms with E-state index >= 15 is 0 Å². The Bertz CT molecular complexity index is 2320. The fourth-order valence-corrected chi connectivity index (χ4v) is 6.50. The number of amides is 4. The Hall–Kier alpha value is -6.27. The fourth-order valence-electron chi connectivity index (χ4n) is 5.36. The van der Waals surface area contributed by atoms with Gasteiger partial charge in [0.15, 0.2) is 0 Å². The van der Waals surface area contributed by atoms with E-state index in [-0.39, 0.29) is 56.3 Å². The average molecular weight is 743 g/mol. The van der Waals surface area contributed by atoms with Crippen LogP contribution >= 0.6 is 0 Å². The summed E-state index contributed by atoms with van der Waals surface area (Å²) in [5, 5.41) is 26.5. The van der Waals surface area contributed by atoms with E-state index in [1.54, 1.807) is 12.2 Å². The van der Waals surface area contributed by atoms with Gasteiger partial charge in [-0.2, -0.15) is 16.8 Å². The van der Waals surface area contributed by atoms with Crippen LogP contribution in [-0.2, 0) is 20.2 Å². The topological polar surface area (TPSA) is 249 Å². The number of nitrogens with zero attached hydrogens (tertiary/aromatic N) is 2. The van der Waals surface area contributed by atoms with Gasteiger partial charge in [0.2, 0.25) is 0 Å². The van der Waals surface area contributed by atoms with Gasteiger partial charge in [0.25, 0.3) is 32.1 Å². The highest BCUT2D eigenvalue weighted by molar-refractivity contribution is 7.90. The van der Waals surface area contributed by atoms with Crippen molar-refractivity contribution in [1.29, 1.82) is 0 Å². The summed E-state index contributed by atoms with van der Waals surface area (Å²) in [6, 6.07) is 10.7. The molecule has 0 aliphatic heterocycles. The molecule has 2 aromatic rings. The van der Waals surface area contributed by atoms with Gasteiger partial charge in [-0.05, 0) is 84.0 Å². The molecule has 0 spiro atoms. The monoisotopic (exact) mass is 742 g/mol. The minimum absolute atomic E-state index is 0.0956. The first kappa shape index (κ1) is 35.6. The van der Waals surface area contributed by atoms with Crippen LogP contribution < -0.4 is 10.6 Å². The van der Waals surface area contributed by atoms with E-state index in [2.05, 4.69) is 20.6 Å². The summed E-state index contributed by atoms with van der Waals surface area (Å²) < 4.78 is 64.8. The normalized spacial score (nSPS) is 18.6. The second-order valence-corrected chi connectivity index (χ2v) is 14.4. The molecule has 52 heavy (non-hydrogen) atoms. The lowest BCUT2D eigenvalue weighted by atomic mass is 9.91. The Labute approximate surface area is 296 Å². The summed E-state index contributed by atoms with van der Waals surface area (Å²) in [6.45, 7) is 0. The van der Waals surface area contributed by atoms with Crippen molar-refractivity contribution in [3.05, 3.63) is 152 Å². The van der Waals surface area contributed by atoms with Gasteiger partial charge < -0.3 is 20.8 Å². The van der Waals surface area contributed by atoms with Crippen LogP contribution in [0.3, 0.4) is 0 Å². The molecule has 0 bridgehead atoms. The second kappa shape index (κ2) is 13.8. The maximum Gasteiger partial charge on any atom is 0.323 e. The molecule has 0 saturated carbocycles. The smallest absolute Gasteiger partial charge is 0.323 e. The first-order valence-corrected chi connectivity index (χ1v) is 18.0. The van der Waals surface area contributed by atoms with Crippen molar-refractivity contribution in [1.82, 2.24) is 0 Å². The third-order valence-electron chi connectivity index (χ3n) is 8.08. The number of aliphatic hydroxyl groups is 2. The lowest BCUT2D eigenvalue weighted by Gasteiger charge is -2.20. The van der Waals surface area contributed by atoms with Gasteiger partial charge in [0.1, 0.15) is 22.9 Å². The molecule has 0 atom stereocenters. The van der Waals surface area contributed by atoms with Gasteiger partial charge in [0.05, 0.1) is 9.81 Å². The summed E-state index contributed by atoms with van der Waals surface area (Å²) in [6.07, 6.45) is 10.6. The Balaban J connectivity index is 1.05. The van der Waals surface area contributed by atoms with Gasteiger partial charge >= 0.3 is 6.03 Å². The van der Waals surface area contributed by atoms with Crippen LogP contribution in [0.25, 0.3) is 0 Å². The van der Waals surface area contributed by atoms with Crippen molar-refractivity contribution in [2.45, 2.75) is 12.8 Å². The third-order valence-corrected chi connectivity index (χ3v) is 9.97. The van der Waals surface area contributed by atoms with Gasteiger partial charge in [-0.3, -0.25) is 18.7 Å². The lowest BCUT2D eigenvalue weighted by molar-refractivity contribution is 0.0994. The average Bonchev–Trinajstić information content (AvgIpc) is 3.10. The Morgan fingerprint density at radius 2 is 0.923 bits per heavy atom. The number of nitrogens with one attached hydrogen (secondary N) is 2. The van der Waals surface area contributed by atoms with Crippen molar-refractivity contribution in [3.63, 3.8) is 0 Å². The number of benzene rings is 2. The molecule has 15 nitrogen and oxygen atoms in total. The van der Waals surface area contributed by atoms with Crippen LogP contribution in [0.5, 0.6) is 0 Å². The van der Waals surface area contributed by atoms with E-state index in [9.17, 15) is 50.5 Å². The van der Waals surface area contributed by atoms with Crippen LogP contribution in [0.1, 0.15) is 33.6 Å². The molecule has 0 heterocycles. The van der Waals surface area contributed by atoms with Crippen molar-refractivity contribution < 1.29 is 50.5 Å². The fraction of sp³-hybridized carbons (Fsp3) is 0.0571. The largest absolute Gasteiger partial charge is 0.505 e. The zero-order valence-electron chi connectivity index (χ0n) is 26.5. The molecule has 0 saturated heterocycles. The molecule has 0 aromatic heterocycles.